The van der Waals surface area contributed by atoms with Crippen molar-refractivity contribution < 1.29 is 9.59 Å². The highest BCUT2D eigenvalue weighted by atomic mass is 32.2. The zero-order valence-corrected chi connectivity index (χ0v) is 9.08. The Morgan fingerprint density at radius 2 is 2.13 bits per heavy atom. The minimum Gasteiger partial charge on any atom is -0.347 e. The molecule has 2 rings (SSSR count). The molecular weight excluding hydrogens is 214 g/mol. The molecule has 0 bridgehead atoms. The number of rotatable bonds is 2. The first-order chi connectivity index (χ1) is 7.20. The first kappa shape index (κ1) is 10.2. The Morgan fingerprint density at radius 3 is 2.67 bits per heavy atom. The Bertz CT molecular complexity index is 361. The molecule has 1 saturated heterocycles. The van der Waals surface area contributed by atoms with Crippen LogP contribution in [-0.4, -0.2) is 38.2 Å². The monoisotopic (exact) mass is 225 g/mol. The van der Waals surface area contributed by atoms with Crippen LogP contribution in [0.2, 0.25) is 0 Å². The van der Waals surface area contributed by atoms with Gasteiger partial charge in [-0.15, -0.1) is 11.8 Å². The molecule has 1 aliphatic rings. The average Bonchev–Trinajstić information content (AvgIpc) is 2.69. The molecule has 1 fully saturated rings. The van der Waals surface area contributed by atoms with E-state index in [-0.39, 0.29) is 17.9 Å². The largest absolute Gasteiger partial charge is 0.347 e. The third-order valence-corrected chi connectivity index (χ3v) is 3.19. The standard InChI is InChI=1S/C9H11N3O2S/c1-6(9-10-2-3-11-9)12-7(13)4-15-5-8(12)14/h2-3,6H,4-5H2,1H3,(H,10,11). The summed E-state index contributed by atoms with van der Waals surface area (Å²) in [5.74, 6) is 1.11. The Kier molecular flexibility index (Phi) is 2.77. The molecule has 1 N–H and O–H groups in total. The number of hydrogen-bond acceptors (Lipinski definition) is 4. The first-order valence-corrected chi connectivity index (χ1v) is 5.77. The fraction of sp³-hybridized carbons (Fsp3) is 0.444. The molecule has 6 heteroatoms. The van der Waals surface area contributed by atoms with Crippen molar-refractivity contribution in [2.75, 3.05) is 11.5 Å². The zero-order valence-electron chi connectivity index (χ0n) is 8.27. The molecule has 1 aromatic heterocycles. The predicted octanol–water partition coefficient (Wildman–Crippen LogP) is 0.573. The van der Waals surface area contributed by atoms with Gasteiger partial charge in [0.15, 0.2) is 0 Å². The molecule has 0 radical (unpaired) electrons. The minimum absolute atomic E-state index is 0.139. The van der Waals surface area contributed by atoms with Gasteiger partial charge in [-0.05, 0) is 6.92 Å². The molecule has 0 saturated carbocycles. The van der Waals surface area contributed by atoms with Crippen LogP contribution in [0.15, 0.2) is 12.4 Å². The summed E-state index contributed by atoms with van der Waals surface area (Å²) in [6.07, 6.45) is 3.29. The van der Waals surface area contributed by atoms with E-state index in [1.165, 1.54) is 16.7 Å². The second-order valence-corrected chi connectivity index (χ2v) is 4.29. The maximum absolute atomic E-state index is 11.6. The van der Waals surface area contributed by atoms with Gasteiger partial charge < -0.3 is 4.98 Å². The van der Waals surface area contributed by atoms with Crippen LogP contribution in [0.3, 0.4) is 0 Å². The lowest BCUT2D eigenvalue weighted by Crippen LogP contribution is -2.44. The Balaban J connectivity index is 2.21. The van der Waals surface area contributed by atoms with Crippen LogP contribution >= 0.6 is 11.8 Å². The number of thioether (sulfide) groups is 1. The van der Waals surface area contributed by atoms with Crippen LogP contribution in [0.4, 0.5) is 0 Å². The average molecular weight is 225 g/mol. The molecule has 0 spiro atoms. The third kappa shape index (κ3) is 1.90. The van der Waals surface area contributed by atoms with Gasteiger partial charge in [-0.25, -0.2) is 4.98 Å². The summed E-state index contributed by atoms with van der Waals surface area (Å²) in [6.45, 7) is 1.80. The van der Waals surface area contributed by atoms with Gasteiger partial charge in [0, 0.05) is 12.4 Å². The highest BCUT2D eigenvalue weighted by Gasteiger charge is 2.32. The van der Waals surface area contributed by atoms with Crippen molar-refractivity contribution in [2.24, 2.45) is 0 Å². The molecule has 2 heterocycles. The second-order valence-electron chi connectivity index (χ2n) is 3.30. The van der Waals surface area contributed by atoms with Crippen molar-refractivity contribution in [2.45, 2.75) is 13.0 Å². The molecule has 80 valence electrons. The van der Waals surface area contributed by atoms with Crippen molar-refractivity contribution in [3.05, 3.63) is 18.2 Å². The first-order valence-electron chi connectivity index (χ1n) is 4.62. The van der Waals surface area contributed by atoms with E-state index in [2.05, 4.69) is 9.97 Å². The summed E-state index contributed by atoms with van der Waals surface area (Å²) in [4.78, 5) is 31.4. The summed E-state index contributed by atoms with van der Waals surface area (Å²) in [5.41, 5.74) is 0. The molecule has 15 heavy (non-hydrogen) atoms. The van der Waals surface area contributed by atoms with Crippen molar-refractivity contribution in [3.8, 4) is 0 Å². The van der Waals surface area contributed by atoms with Gasteiger partial charge in [0.1, 0.15) is 5.82 Å². The molecule has 0 aromatic carbocycles. The molecule has 1 aromatic rings. The van der Waals surface area contributed by atoms with Crippen LogP contribution < -0.4 is 0 Å². The van der Waals surface area contributed by atoms with E-state index in [9.17, 15) is 9.59 Å². The van der Waals surface area contributed by atoms with Crippen molar-refractivity contribution in [1.82, 2.24) is 14.9 Å². The van der Waals surface area contributed by atoms with Crippen LogP contribution in [0.1, 0.15) is 18.8 Å². The predicted molar refractivity (Wildman–Crippen MR) is 56.2 cm³/mol. The maximum Gasteiger partial charge on any atom is 0.239 e. The van der Waals surface area contributed by atoms with Gasteiger partial charge in [0.2, 0.25) is 11.8 Å². The molecular formula is C9H11N3O2S. The lowest BCUT2D eigenvalue weighted by molar-refractivity contribution is -0.144. The summed E-state index contributed by atoms with van der Waals surface area (Å²) in [5, 5.41) is 0. The van der Waals surface area contributed by atoms with E-state index < -0.39 is 0 Å². The lowest BCUT2D eigenvalue weighted by atomic mass is 10.2. The number of carbonyl (C=O) groups excluding carboxylic acids is 2. The van der Waals surface area contributed by atoms with Crippen LogP contribution in [0.5, 0.6) is 0 Å². The van der Waals surface area contributed by atoms with Crippen LogP contribution in [-0.2, 0) is 9.59 Å². The summed E-state index contributed by atoms with van der Waals surface area (Å²) in [6, 6.07) is -0.305. The number of imidazole rings is 1. The van der Waals surface area contributed by atoms with Crippen molar-refractivity contribution in [3.63, 3.8) is 0 Å². The number of aromatic nitrogens is 2. The fourth-order valence-electron chi connectivity index (χ4n) is 1.56. The number of nitrogens with one attached hydrogen (secondary N) is 1. The smallest absolute Gasteiger partial charge is 0.239 e. The van der Waals surface area contributed by atoms with E-state index in [4.69, 9.17) is 0 Å². The summed E-state index contributed by atoms with van der Waals surface area (Å²) < 4.78 is 0. The van der Waals surface area contributed by atoms with Crippen molar-refractivity contribution in [1.29, 1.82) is 0 Å². The number of imide groups is 1. The van der Waals surface area contributed by atoms with Crippen LogP contribution in [0, 0.1) is 0 Å². The molecule has 1 atom stereocenters. The molecule has 1 aliphatic heterocycles. The van der Waals surface area contributed by atoms with E-state index in [0.717, 1.165) is 0 Å². The van der Waals surface area contributed by atoms with E-state index in [1.54, 1.807) is 19.3 Å². The van der Waals surface area contributed by atoms with Gasteiger partial charge in [-0.3, -0.25) is 14.5 Å². The number of H-pyrrole nitrogens is 1. The molecule has 5 nitrogen and oxygen atoms in total. The number of nitrogens with zero attached hydrogens (tertiary/aromatic N) is 2. The molecule has 2 amide bonds. The topological polar surface area (TPSA) is 66.1 Å². The quantitative estimate of drug-likeness (QED) is 0.747. The Labute approximate surface area is 91.3 Å². The Morgan fingerprint density at radius 1 is 1.47 bits per heavy atom. The van der Waals surface area contributed by atoms with Gasteiger partial charge in [0.05, 0.1) is 17.5 Å². The van der Waals surface area contributed by atoms with Gasteiger partial charge in [-0.1, -0.05) is 0 Å². The van der Waals surface area contributed by atoms with Gasteiger partial charge in [0.25, 0.3) is 0 Å². The van der Waals surface area contributed by atoms with Gasteiger partial charge in [-0.2, -0.15) is 0 Å². The van der Waals surface area contributed by atoms with Crippen LogP contribution in [0.25, 0.3) is 0 Å². The molecule has 1 unspecified atom stereocenters. The summed E-state index contributed by atoms with van der Waals surface area (Å²) >= 11 is 1.36. The highest BCUT2D eigenvalue weighted by Crippen LogP contribution is 2.22. The molecule has 0 aliphatic carbocycles. The lowest BCUT2D eigenvalue weighted by Gasteiger charge is -2.29. The third-order valence-electron chi connectivity index (χ3n) is 2.29. The van der Waals surface area contributed by atoms with Gasteiger partial charge >= 0.3 is 0 Å². The highest BCUT2D eigenvalue weighted by molar-refractivity contribution is 8.00. The van der Waals surface area contributed by atoms with E-state index >= 15 is 0 Å². The number of amides is 2. The van der Waals surface area contributed by atoms with Crippen molar-refractivity contribution >= 4 is 23.6 Å². The fourth-order valence-corrected chi connectivity index (χ4v) is 2.29. The number of hydrogen-bond donors (Lipinski definition) is 1. The minimum atomic E-state index is -0.305. The normalized spacial score (nSPS) is 19.4. The maximum atomic E-state index is 11.6. The Hall–Kier alpha value is -1.30. The number of aromatic amines is 1. The zero-order chi connectivity index (χ0) is 10.8. The van der Waals surface area contributed by atoms with E-state index in [1.807, 2.05) is 0 Å². The SMILES string of the molecule is CC(c1ncc[nH]1)N1C(=O)CSCC1=O. The number of carbonyl (C=O) groups is 2. The van der Waals surface area contributed by atoms with E-state index in [0.29, 0.717) is 17.3 Å². The summed E-state index contributed by atoms with van der Waals surface area (Å²) in [7, 11) is 0. The second kappa shape index (κ2) is 4.06.